The first kappa shape index (κ1) is 16.1. The molecule has 0 fully saturated rings. The fourth-order valence-corrected chi connectivity index (χ4v) is 3.59. The van der Waals surface area contributed by atoms with E-state index in [0.29, 0.717) is 32.9 Å². The Morgan fingerprint density at radius 2 is 1.96 bits per heavy atom. The second-order valence-electron chi connectivity index (χ2n) is 5.35. The Morgan fingerprint density at radius 1 is 1.21 bits per heavy atom. The number of carbonyl (C=O) groups excluding carboxylic acids is 1. The number of fused-ring (bicyclic) bond motifs is 1. The van der Waals surface area contributed by atoms with Gasteiger partial charge < -0.3 is 15.8 Å². The van der Waals surface area contributed by atoms with Crippen LogP contribution in [0.1, 0.15) is 26.8 Å². The van der Waals surface area contributed by atoms with Gasteiger partial charge in [-0.15, -0.1) is 11.3 Å². The van der Waals surface area contributed by atoms with Crippen LogP contribution in [0.2, 0.25) is 0 Å². The number of aromatic nitrogens is 3. The van der Waals surface area contributed by atoms with Crippen molar-refractivity contribution in [2.45, 2.75) is 20.8 Å². The van der Waals surface area contributed by atoms with Crippen molar-refractivity contribution in [3.8, 4) is 5.75 Å². The van der Waals surface area contributed by atoms with Crippen LogP contribution in [0.15, 0.2) is 12.1 Å². The molecule has 0 atom stereocenters. The molecule has 0 saturated carbocycles. The lowest BCUT2D eigenvalue weighted by Crippen LogP contribution is -2.13. The normalized spacial score (nSPS) is 10.8. The van der Waals surface area contributed by atoms with Gasteiger partial charge in [0, 0.05) is 5.69 Å². The number of rotatable bonds is 3. The molecule has 3 aromatic rings. The smallest absolute Gasteiger partial charge is 0.267 e. The number of carbonyl (C=O) groups is 1. The highest BCUT2D eigenvalue weighted by Crippen LogP contribution is 2.33. The van der Waals surface area contributed by atoms with Gasteiger partial charge in [-0.1, -0.05) is 0 Å². The Hall–Kier alpha value is -2.74. The van der Waals surface area contributed by atoms with Crippen LogP contribution in [0.3, 0.4) is 0 Å². The molecule has 3 heterocycles. The van der Waals surface area contributed by atoms with Crippen molar-refractivity contribution in [3.05, 3.63) is 34.1 Å². The number of amides is 1. The van der Waals surface area contributed by atoms with Gasteiger partial charge in [0.1, 0.15) is 16.5 Å². The molecule has 0 unspecified atom stereocenters. The monoisotopic (exact) mass is 343 g/mol. The third-order valence-corrected chi connectivity index (χ3v) is 4.77. The maximum atomic E-state index is 12.7. The quantitative estimate of drug-likeness (QED) is 0.758. The van der Waals surface area contributed by atoms with E-state index in [1.807, 2.05) is 19.9 Å². The molecule has 0 radical (unpaired) electrons. The first-order chi connectivity index (χ1) is 11.4. The van der Waals surface area contributed by atoms with E-state index < -0.39 is 0 Å². The molecule has 3 aromatic heterocycles. The van der Waals surface area contributed by atoms with Crippen LogP contribution in [0.5, 0.6) is 5.75 Å². The summed E-state index contributed by atoms with van der Waals surface area (Å²) in [7, 11) is 1.53. The number of ether oxygens (including phenoxy) is 1. The molecule has 0 aliphatic rings. The molecule has 24 heavy (non-hydrogen) atoms. The van der Waals surface area contributed by atoms with Crippen molar-refractivity contribution in [2.24, 2.45) is 0 Å². The number of aryl methyl sites for hydroxylation is 3. The van der Waals surface area contributed by atoms with E-state index in [9.17, 15) is 4.79 Å². The summed E-state index contributed by atoms with van der Waals surface area (Å²) in [6.45, 7) is 5.45. The topological polar surface area (TPSA) is 103 Å². The molecule has 0 bridgehead atoms. The number of thiophene rings is 1. The predicted molar refractivity (Wildman–Crippen MR) is 94.8 cm³/mol. The number of nitrogen functional groups attached to an aromatic ring is 1. The SMILES string of the molecule is COc1ccc(C)nc1NC(=O)c1sc2nc(C)nc(N)c2c1C. The minimum Gasteiger partial charge on any atom is -0.493 e. The first-order valence-corrected chi connectivity index (χ1v) is 8.08. The summed E-state index contributed by atoms with van der Waals surface area (Å²) in [5, 5.41) is 3.52. The summed E-state index contributed by atoms with van der Waals surface area (Å²) in [6.07, 6.45) is 0. The molecule has 0 aliphatic heterocycles. The van der Waals surface area contributed by atoms with Gasteiger partial charge in [0.15, 0.2) is 11.6 Å². The Labute approximate surface area is 142 Å². The van der Waals surface area contributed by atoms with Crippen molar-refractivity contribution < 1.29 is 9.53 Å². The predicted octanol–water partition coefficient (Wildman–Crippen LogP) is 2.85. The summed E-state index contributed by atoms with van der Waals surface area (Å²) < 4.78 is 5.24. The number of hydrogen-bond donors (Lipinski definition) is 2. The van der Waals surface area contributed by atoms with Crippen LogP contribution < -0.4 is 15.8 Å². The van der Waals surface area contributed by atoms with Gasteiger partial charge in [-0.05, 0) is 38.5 Å². The van der Waals surface area contributed by atoms with E-state index in [-0.39, 0.29) is 5.91 Å². The number of hydrogen-bond acceptors (Lipinski definition) is 7. The lowest BCUT2D eigenvalue weighted by atomic mass is 10.2. The second kappa shape index (κ2) is 6.04. The standard InChI is InChI=1S/C16H17N5O2S/c1-7-5-6-10(23-4)14(18-7)21-15(22)12-8(2)11-13(17)19-9(3)20-16(11)24-12/h5-6H,1-4H3,(H2,17,19,20)(H,18,21,22). The van der Waals surface area contributed by atoms with E-state index in [1.165, 1.54) is 18.4 Å². The maximum absolute atomic E-state index is 12.7. The van der Waals surface area contributed by atoms with E-state index in [1.54, 1.807) is 13.0 Å². The van der Waals surface area contributed by atoms with Crippen LogP contribution in [-0.4, -0.2) is 28.0 Å². The summed E-state index contributed by atoms with van der Waals surface area (Å²) in [6, 6.07) is 3.58. The molecule has 3 N–H and O–H groups in total. The van der Waals surface area contributed by atoms with E-state index in [2.05, 4.69) is 20.3 Å². The van der Waals surface area contributed by atoms with Crippen molar-refractivity contribution in [3.63, 3.8) is 0 Å². The summed E-state index contributed by atoms with van der Waals surface area (Å²) in [4.78, 5) is 26.8. The molecule has 1 amide bonds. The minimum absolute atomic E-state index is 0.274. The molecule has 0 aliphatic carbocycles. The number of nitrogens with two attached hydrogens (primary N) is 1. The van der Waals surface area contributed by atoms with Crippen LogP contribution in [-0.2, 0) is 0 Å². The third-order valence-electron chi connectivity index (χ3n) is 3.59. The average Bonchev–Trinajstić information content (AvgIpc) is 2.84. The van der Waals surface area contributed by atoms with Gasteiger partial charge in [-0.3, -0.25) is 4.79 Å². The molecular formula is C16H17N5O2S. The Kier molecular flexibility index (Phi) is 4.06. The minimum atomic E-state index is -0.274. The Balaban J connectivity index is 2.02. The lowest BCUT2D eigenvalue weighted by Gasteiger charge is -2.09. The van der Waals surface area contributed by atoms with Crippen molar-refractivity contribution in [1.29, 1.82) is 0 Å². The Morgan fingerprint density at radius 3 is 2.67 bits per heavy atom. The van der Waals surface area contributed by atoms with Gasteiger partial charge in [0.25, 0.3) is 5.91 Å². The van der Waals surface area contributed by atoms with Gasteiger partial charge in [-0.25, -0.2) is 15.0 Å². The van der Waals surface area contributed by atoms with Gasteiger partial charge >= 0.3 is 0 Å². The molecule has 124 valence electrons. The second-order valence-corrected chi connectivity index (χ2v) is 6.35. The molecule has 8 heteroatoms. The fraction of sp³-hybridized carbons (Fsp3) is 0.250. The Bertz CT molecular complexity index is 951. The summed E-state index contributed by atoms with van der Waals surface area (Å²) in [5.41, 5.74) is 7.52. The first-order valence-electron chi connectivity index (χ1n) is 7.27. The zero-order valence-corrected chi connectivity index (χ0v) is 14.6. The molecule has 0 saturated heterocycles. The van der Waals surface area contributed by atoms with Gasteiger partial charge in [-0.2, -0.15) is 0 Å². The van der Waals surface area contributed by atoms with E-state index in [0.717, 1.165) is 16.6 Å². The highest BCUT2D eigenvalue weighted by molar-refractivity contribution is 7.20. The van der Waals surface area contributed by atoms with Crippen molar-refractivity contribution >= 4 is 39.1 Å². The lowest BCUT2D eigenvalue weighted by molar-refractivity contribution is 0.102. The van der Waals surface area contributed by atoms with Crippen molar-refractivity contribution in [1.82, 2.24) is 15.0 Å². The zero-order chi connectivity index (χ0) is 17.4. The third kappa shape index (κ3) is 2.76. The zero-order valence-electron chi connectivity index (χ0n) is 13.8. The van der Waals surface area contributed by atoms with E-state index in [4.69, 9.17) is 10.5 Å². The molecule has 0 aromatic carbocycles. The molecule has 0 spiro atoms. The number of methoxy groups -OCH3 is 1. The van der Waals surface area contributed by atoms with E-state index >= 15 is 0 Å². The number of nitrogens with zero attached hydrogens (tertiary/aromatic N) is 3. The van der Waals surface area contributed by atoms with Crippen molar-refractivity contribution in [2.75, 3.05) is 18.2 Å². The van der Waals surface area contributed by atoms with Crippen LogP contribution in [0.4, 0.5) is 11.6 Å². The molecule has 7 nitrogen and oxygen atoms in total. The maximum Gasteiger partial charge on any atom is 0.267 e. The van der Waals surface area contributed by atoms with Gasteiger partial charge in [0.05, 0.1) is 17.4 Å². The highest BCUT2D eigenvalue weighted by atomic mass is 32.1. The largest absolute Gasteiger partial charge is 0.493 e. The number of nitrogens with one attached hydrogen (secondary N) is 1. The number of pyridine rings is 1. The van der Waals surface area contributed by atoms with Crippen LogP contribution >= 0.6 is 11.3 Å². The number of anilines is 2. The summed E-state index contributed by atoms with van der Waals surface area (Å²) >= 11 is 1.29. The molecular weight excluding hydrogens is 326 g/mol. The van der Waals surface area contributed by atoms with Crippen LogP contribution in [0, 0.1) is 20.8 Å². The fourth-order valence-electron chi connectivity index (χ4n) is 2.46. The van der Waals surface area contributed by atoms with Crippen LogP contribution in [0.25, 0.3) is 10.2 Å². The summed E-state index contributed by atoms with van der Waals surface area (Å²) in [5.74, 6) is 1.58. The average molecular weight is 343 g/mol. The van der Waals surface area contributed by atoms with Gasteiger partial charge in [0.2, 0.25) is 0 Å². The highest BCUT2D eigenvalue weighted by Gasteiger charge is 2.20. The molecule has 3 rings (SSSR count).